The molecule has 4 heteroatoms. The molecule has 0 amide bonds. The summed E-state index contributed by atoms with van der Waals surface area (Å²) in [6.07, 6.45) is 8.56. The minimum atomic E-state index is -2.79. The van der Waals surface area contributed by atoms with Crippen molar-refractivity contribution in [2.75, 3.05) is 0 Å². The molecule has 1 heterocycles. The number of carbonyl (C=O) groups is 1. The van der Waals surface area contributed by atoms with Gasteiger partial charge in [-0.05, 0) is 0 Å². The fourth-order valence-corrected chi connectivity index (χ4v) is 20.8. The molecule has 0 bridgehead atoms. The van der Waals surface area contributed by atoms with E-state index >= 15 is 0 Å². The van der Waals surface area contributed by atoms with Gasteiger partial charge in [0.15, 0.2) is 0 Å². The van der Waals surface area contributed by atoms with E-state index in [2.05, 4.69) is 58.9 Å². The number of rotatable bonds is 10. The van der Waals surface area contributed by atoms with E-state index in [-0.39, 0.29) is 6.09 Å². The predicted octanol–water partition coefficient (Wildman–Crippen LogP) is 8.90. The van der Waals surface area contributed by atoms with E-state index in [1.165, 1.54) is 67.4 Å². The zero-order valence-electron chi connectivity index (χ0n) is 22.2. The fourth-order valence-electron chi connectivity index (χ4n) is 4.35. The number of hydrogen-bond donors (Lipinski definition) is 0. The van der Waals surface area contributed by atoms with Crippen LogP contribution in [0.2, 0.25) is 13.3 Å². The standard InChI is InChI=1S/C13H14NO2.3C4H9.C3H8.Sn/c1-13(2,3)16-12(15)14-9-8-10-6-4-5-7-11(10)14;3*1-3-4-2;1-3-2;/h4-8H,1-3H3;3*1,3-4H2,2H3;3H2,1-2H3;. The van der Waals surface area contributed by atoms with Crippen LogP contribution in [0.1, 0.15) is 100 Å². The molecule has 0 N–H and O–H groups in total. The van der Waals surface area contributed by atoms with Crippen molar-refractivity contribution >= 4 is 39.1 Å². The second-order valence-electron chi connectivity index (χ2n) is 10.2. The monoisotopic (exact) mass is 551 g/mol. The summed E-state index contributed by atoms with van der Waals surface area (Å²) < 4.78 is 13.3. The molecule has 32 heavy (non-hydrogen) atoms. The van der Waals surface area contributed by atoms with Gasteiger partial charge in [-0.3, -0.25) is 0 Å². The van der Waals surface area contributed by atoms with Gasteiger partial charge in [0.05, 0.1) is 0 Å². The SMILES string of the molecule is CCC.CCC[CH2][Sn]([CH2]CCC)([CH2]CCC)[c]1cc2ccccc2n1C(=O)OC(C)(C)C. The number of fused-ring (bicyclic) bond motifs is 1. The summed E-state index contributed by atoms with van der Waals surface area (Å²) >= 11 is -2.79. The van der Waals surface area contributed by atoms with Gasteiger partial charge in [-0.15, -0.1) is 0 Å². The van der Waals surface area contributed by atoms with Crippen LogP contribution >= 0.6 is 0 Å². The van der Waals surface area contributed by atoms with Crippen molar-refractivity contribution in [2.45, 2.75) is 119 Å². The normalized spacial score (nSPS) is 11.9. The van der Waals surface area contributed by atoms with E-state index < -0.39 is 24.0 Å². The third-order valence-electron chi connectivity index (χ3n) is 5.86. The summed E-state index contributed by atoms with van der Waals surface area (Å²) in [6.45, 7) is 17.0. The van der Waals surface area contributed by atoms with E-state index in [0.29, 0.717) is 0 Å². The van der Waals surface area contributed by atoms with Gasteiger partial charge < -0.3 is 0 Å². The van der Waals surface area contributed by atoms with Crippen LogP contribution < -0.4 is 3.71 Å². The fraction of sp³-hybridized carbons (Fsp3) is 0.679. The topological polar surface area (TPSA) is 31.2 Å². The van der Waals surface area contributed by atoms with Gasteiger partial charge in [0.25, 0.3) is 0 Å². The first kappa shape index (κ1) is 29.1. The maximum atomic E-state index is 13.4. The minimum absolute atomic E-state index is 0.195. The van der Waals surface area contributed by atoms with Gasteiger partial charge in [-0.1, -0.05) is 20.3 Å². The molecular formula is C28H49NO2Sn. The zero-order valence-corrected chi connectivity index (χ0v) is 25.1. The van der Waals surface area contributed by atoms with Crippen LogP contribution in [0, 0.1) is 0 Å². The van der Waals surface area contributed by atoms with Gasteiger partial charge in [-0.25, -0.2) is 0 Å². The average Bonchev–Trinajstić information content (AvgIpc) is 3.13. The van der Waals surface area contributed by atoms with Crippen molar-refractivity contribution in [3.05, 3.63) is 30.3 Å². The molecule has 0 atom stereocenters. The van der Waals surface area contributed by atoms with Crippen LogP contribution in [0.25, 0.3) is 10.9 Å². The molecule has 0 aliphatic heterocycles. The Morgan fingerprint density at radius 2 is 1.34 bits per heavy atom. The number of benzene rings is 1. The van der Waals surface area contributed by atoms with Gasteiger partial charge in [0.2, 0.25) is 0 Å². The summed E-state index contributed by atoms with van der Waals surface area (Å²) in [7, 11) is 0. The van der Waals surface area contributed by atoms with Crippen LogP contribution in [0.3, 0.4) is 0 Å². The summed E-state index contributed by atoms with van der Waals surface area (Å²) in [5.74, 6) is 0. The van der Waals surface area contributed by atoms with Crippen molar-refractivity contribution in [3.8, 4) is 0 Å². The van der Waals surface area contributed by atoms with Gasteiger partial charge in [-0.2, -0.15) is 0 Å². The van der Waals surface area contributed by atoms with Gasteiger partial charge in [0, 0.05) is 0 Å². The summed E-state index contributed by atoms with van der Waals surface area (Å²) in [6, 6.07) is 10.7. The molecule has 1 aromatic carbocycles. The van der Waals surface area contributed by atoms with Crippen molar-refractivity contribution in [3.63, 3.8) is 0 Å². The molecule has 0 saturated carbocycles. The number of para-hydroxylation sites is 1. The zero-order chi connectivity index (χ0) is 24.2. The number of carbonyl (C=O) groups excluding carboxylic acids is 1. The molecule has 0 aliphatic rings. The molecule has 0 unspecified atom stereocenters. The Balaban J connectivity index is 0.00000161. The quantitative estimate of drug-likeness (QED) is 0.277. The summed E-state index contributed by atoms with van der Waals surface area (Å²) in [5.41, 5.74) is 0.524. The summed E-state index contributed by atoms with van der Waals surface area (Å²) in [4.78, 5) is 13.4. The maximum absolute atomic E-state index is 13.4. The number of hydrogen-bond acceptors (Lipinski definition) is 2. The van der Waals surface area contributed by atoms with Crippen molar-refractivity contribution in [1.29, 1.82) is 0 Å². The van der Waals surface area contributed by atoms with E-state index in [1.807, 2.05) is 31.4 Å². The molecule has 0 radical (unpaired) electrons. The molecule has 0 aliphatic carbocycles. The van der Waals surface area contributed by atoms with Crippen molar-refractivity contribution in [1.82, 2.24) is 4.57 Å². The van der Waals surface area contributed by atoms with Crippen LogP contribution in [-0.2, 0) is 4.74 Å². The Labute approximate surface area is 202 Å². The van der Waals surface area contributed by atoms with E-state index in [1.54, 1.807) is 0 Å². The van der Waals surface area contributed by atoms with Crippen LogP contribution in [0.15, 0.2) is 30.3 Å². The third-order valence-corrected chi connectivity index (χ3v) is 21.2. The second kappa shape index (κ2) is 14.3. The number of nitrogens with zero attached hydrogens (tertiary/aromatic N) is 1. The van der Waals surface area contributed by atoms with Crippen molar-refractivity contribution < 1.29 is 9.53 Å². The Kier molecular flexibility index (Phi) is 13.0. The Hall–Kier alpha value is -0.971. The second-order valence-corrected chi connectivity index (χ2v) is 23.3. The molecule has 0 fully saturated rings. The molecule has 2 rings (SSSR count). The number of unbranched alkanes of at least 4 members (excludes halogenated alkanes) is 3. The molecular weight excluding hydrogens is 501 g/mol. The van der Waals surface area contributed by atoms with Crippen LogP contribution in [0.5, 0.6) is 0 Å². The predicted molar refractivity (Wildman–Crippen MR) is 144 cm³/mol. The van der Waals surface area contributed by atoms with E-state index in [4.69, 9.17) is 4.74 Å². The van der Waals surface area contributed by atoms with E-state index in [0.717, 1.165) is 5.52 Å². The molecule has 3 nitrogen and oxygen atoms in total. The Morgan fingerprint density at radius 1 is 0.875 bits per heavy atom. The number of ether oxygens (including phenoxy) is 1. The molecule has 1 aromatic heterocycles. The van der Waals surface area contributed by atoms with E-state index in [9.17, 15) is 4.79 Å². The van der Waals surface area contributed by atoms with Gasteiger partial charge >= 0.3 is 182 Å². The Morgan fingerprint density at radius 3 is 1.78 bits per heavy atom. The first-order valence-corrected chi connectivity index (χ1v) is 20.5. The molecule has 2 aromatic rings. The van der Waals surface area contributed by atoms with Crippen LogP contribution in [-0.4, -0.2) is 34.6 Å². The number of aromatic nitrogens is 1. The molecule has 0 saturated heterocycles. The van der Waals surface area contributed by atoms with Crippen LogP contribution in [0.4, 0.5) is 4.79 Å². The first-order chi connectivity index (χ1) is 15.2. The first-order valence-electron chi connectivity index (χ1n) is 13.0. The molecule has 0 spiro atoms. The summed E-state index contributed by atoms with van der Waals surface area (Å²) in [5, 5.41) is 1.18. The third kappa shape index (κ3) is 8.42. The Bertz CT molecular complexity index is 782. The van der Waals surface area contributed by atoms with Crippen molar-refractivity contribution in [2.24, 2.45) is 0 Å². The molecule has 182 valence electrons. The average molecular weight is 550 g/mol. The van der Waals surface area contributed by atoms with Gasteiger partial charge in [0.1, 0.15) is 0 Å².